The predicted molar refractivity (Wildman–Crippen MR) is 102 cm³/mol. The van der Waals surface area contributed by atoms with Crippen LogP contribution in [0.15, 0.2) is 54.6 Å². The summed E-state index contributed by atoms with van der Waals surface area (Å²) in [7, 11) is 0. The number of rotatable bonds is 4. The summed E-state index contributed by atoms with van der Waals surface area (Å²) < 4.78 is 5.44. The first kappa shape index (κ1) is 17.8. The molecule has 2 aromatic rings. The average molecular weight is 353 g/mol. The highest BCUT2D eigenvalue weighted by Crippen LogP contribution is 2.23. The second kappa shape index (κ2) is 7.91. The van der Waals surface area contributed by atoms with Crippen molar-refractivity contribution in [2.45, 2.75) is 19.9 Å². The van der Waals surface area contributed by atoms with E-state index in [0.29, 0.717) is 25.4 Å². The Morgan fingerprint density at radius 3 is 2.46 bits per heavy atom. The number of nitrogens with zero attached hydrogens (tertiary/aromatic N) is 2. The molecule has 1 aliphatic heterocycles. The Hall–Kier alpha value is -3.02. The summed E-state index contributed by atoms with van der Waals surface area (Å²) in [4.78, 5) is 28.6. The summed E-state index contributed by atoms with van der Waals surface area (Å²) in [6.45, 7) is 5.22. The third-order valence-corrected chi connectivity index (χ3v) is 4.40. The zero-order valence-corrected chi connectivity index (χ0v) is 15.0. The highest BCUT2D eigenvalue weighted by atomic mass is 16.5. The Labute approximate surface area is 153 Å². The van der Waals surface area contributed by atoms with Gasteiger partial charge in [-0.3, -0.25) is 4.79 Å². The van der Waals surface area contributed by atoms with E-state index in [-0.39, 0.29) is 11.9 Å². The lowest BCUT2D eigenvalue weighted by molar-refractivity contribution is -0.123. The second-order valence-electron chi connectivity index (χ2n) is 6.08. The first-order valence-corrected chi connectivity index (χ1v) is 8.77. The van der Waals surface area contributed by atoms with Crippen LogP contribution in [0, 0.1) is 0 Å². The van der Waals surface area contributed by atoms with Crippen molar-refractivity contribution in [1.29, 1.82) is 0 Å². The van der Waals surface area contributed by atoms with Gasteiger partial charge in [-0.25, -0.2) is 4.79 Å². The largest absolute Gasteiger partial charge is 0.494 e. The molecule has 3 amide bonds. The van der Waals surface area contributed by atoms with Crippen molar-refractivity contribution in [2.24, 2.45) is 0 Å². The van der Waals surface area contributed by atoms with E-state index in [9.17, 15) is 9.59 Å². The van der Waals surface area contributed by atoms with Crippen LogP contribution in [0.2, 0.25) is 0 Å². The molecule has 6 heteroatoms. The molecule has 0 spiro atoms. The first-order chi connectivity index (χ1) is 12.6. The van der Waals surface area contributed by atoms with Gasteiger partial charge in [0.1, 0.15) is 11.8 Å². The van der Waals surface area contributed by atoms with Crippen molar-refractivity contribution < 1.29 is 14.3 Å². The molecule has 1 atom stereocenters. The van der Waals surface area contributed by atoms with E-state index in [1.807, 2.05) is 61.5 Å². The van der Waals surface area contributed by atoms with Gasteiger partial charge < -0.3 is 19.9 Å². The summed E-state index contributed by atoms with van der Waals surface area (Å²) in [6, 6.07) is 15.9. The third-order valence-electron chi connectivity index (χ3n) is 4.40. The number of para-hydroxylation sites is 1. The van der Waals surface area contributed by atoms with Gasteiger partial charge in [0.05, 0.1) is 6.61 Å². The number of amides is 3. The lowest BCUT2D eigenvalue weighted by Crippen LogP contribution is -2.58. The zero-order chi connectivity index (χ0) is 18.5. The van der Waals surface area contributed by atoms with Gasteiger partial charge in [0.15, 0.2) is 0 Å². The van der Waals surface area contributed by atoms with E-state index in [0.717, 1.165) is 11.4 Å². The normalized spacial score (nSPS) is 17.2. The number of hydrogen-bond acceptors (Lipinski definition) is 3. The first-order valence-electron chi connectivity index (χ1n) is 8.77. The van der Waals surface area contributed by atoms with Gasteiger partial charge in [0.2, 0.25) is 5.91 Å². The summed E-state index contributed by atoms with van der Waals surface area (Å²) in [6.07, 6.45) is 0. The summed E-state index contributed by atoms with van der Waals surface area (Å²) in [5.74, 6) is 0.682. The maximum absolute atomic E-state index is 12.8. The number of anilines is 2. The Balaban J connectivity index is 1.67. The molecule has 6 nitrogen and oxygen atoms in total. The zero-order valence-electron chi connectivity index (χ0n) is 15.0. The molecule has 0 bridgehead atoms. The average Bonchev–Trinajstić information content (AvgIpc) is 2.66. The quantitative estimate of drug-likeness (QED) is 0.917. The van der Waals surface area contributed by atoms with E-state index < -0.39 is 6.04 Å². The van der Waals surface area contributed by atoms with Crippen molar-refractivity contribution in [3.63, 3.8) is 0 Å². The summed E-state index contributed by atoms with van der Waals surface area (Å²) >= 11 is 0. The Bertz CT molecular complexity index is 762. The predicted octanol–water partition coefficient (Wildman–Crippen LogP) is 3.35. The smallest absolute Gasteiger partial charge is 0.322 e. The van der Waals surface area contributed by atoms with Crippen molar-refractivity contribution in [3.8, 4) is 5.75 Å². The third kappa shape index (κ3) is 3.79. The van der Waals surface area contributed by atoms with Crippen LogP contribution in [-0.4, -0.2) is 42.6 Å². The maximum atomic E-state index is 12.8. The van der Waals surface area contributed by atoms with Crippen LogP contribution >= 0.6 is 0 Å². The van der Waals surface area contributed by atoms with Crippen LogP contribution in [0.3, 0.4) is 0 Å². The number of hydrogen-bond donors (Lipinski definition) is 1. The number of nitrogens with one attached hydrogen (secondary N) is 1. The van der Waals surface area contributed by atoms with Gasteiger partial charge in [0.25, 0.3) is 0 Å². The summed E-state index contributed by atoms with van der Waals surface area (Å²) in [5, 5.41) is 2.84. The molecule has 3 rings (SSSR count). The molecule has 1 fully saturated rings. The molecular formula is C20H23N3O3. The lowest BCUT2D eigenvalue weighted by atomic mass is 10.1. The Morgan fingerprint density at radius 1 is 1.12 bits per heavy atom. The molecular weight excluding hydrogens is 330 g/mol. The van der Waals surface area contributed by atoms with Gasteiger partial charge in [-0.15, -0.1) is 0 Å². The molecule has 1 aliphatic rings. The van der Waals surface area contributed by atoms with E-state index in [4.69, 9.17) is 4.74 Å². The molecule has 1 heterocycles. The standard InChI is InChI=1S/C20H23N3O3/c1-3-26-18-11-9-17(10-12-18)23-14-13-22(15(2)19(23)24)20(25)21-16-7-5-4-6-8-16/h4-12,15H,3,13-14H2,1-2H3,(H,21,25)/t15-/m1/s1. The molecule has 1 N–H and O–H groups in total. The summed E-state index contributed by atoms with van der Waals surface area (Å²) in [5.41, 5.74) is 1.53. The number of benzene rings is 2. The minimum atomic E-state index is -0.529. The lowest BCUT2D eigenvalue weighted by Gasteiger charge is -2.39. The van der Waals surface area contributed by atoms with Gasteiger partial charge in [-0.05, 0) is 50.2 Å². The molecule has 0 radical (unpaired) electrons. The van der Waals surface area contributed by atoms with E-state index in [1.54, 1.807) is 16.7 Å². The molecule has 0 unspecified atom stereocenters. The van der Waals surface area contributed by atoms with Crippen LogP contribution in [0.25, 0.3) is 0 Å². The Morgan fingerprint density at radius 2 is 1.81 bits per heavy atom. The highest BCUT2D eigenvalue weighted by Gasteiger charge is 2.35. The number of urea groups is 1. The number of piperazine rings is 1. The fraction of sp³-hybridized carbons (Fsp3) is 0.300. The number of carbonyl (C=O) groups is 2. The molecule has 1 saturated heterocycles. The highest BCUT2D eigenvalue weighted by molar-refractivity contribution is 6.01. The fourth-order valence-corrected chi connectivity index (χ4v) is 3.01. The Kier molecular flexibility index (Phi) is 5.41. The molecule has 0 aromatic heterocycles. The fourth-order valence-electron chi connectivity index (χ4n) is 3.01. The number of carbonyl (C=O) groups excluding carboxylic acids is 2. The minimum absolute atomic E-state index is 0.0939. The van der Waals surface area contributed by atoms with Crippen LogP contribution < -0.4 is 15.0 Å². The van der Waals surface area contributed by atoms with E-state index in [2.05, 4.69) is 5.32 Å². The minimum Gasteiger partial charge on any atom is -0.494 e. The number of ether oxygens (including phenoxy) is 1. The van der Waals surface area contributed by atoms with Gasteiger partial charge in [0, 0.05) is 24.5 Å². The van der Waals surface area contributed by atoms with Gasteiger partial charge >= 0.3 is 6.03 Å². The van der Waals surface area contributed by atoms with Crippen LogP contribution in [0.5, 0.6) is 5.75 Å². The second-order valence-corrected chi connectivity index (χ2v) is 6.08. The molecule has 26 heavy (non-hydrogen) atoms. The monoisotopic (exact) mass is 353 g/mol. The SMILES string of the molecule is CCOc1ccc(N2CCN(C(=O)Nc3ccccc3)[C@H](C)C2=O)cc1. The molecule has 136 valence electrons. The van der Waals surface area contributed by atoms with E-state index in [1.165, 1.54) is 0 Å². The van der Waals surface area contributed by atoms with Crippen molar-refractivity contribution in [1.82, 2.24) is 4.90 Å². The van der Waals surface area contributed by atoms with Crippen LogP contribution in [-0.2, 0) is 4.79 Å². The molecule has 0 saturated carbocycles. The van der Waals surface area contributed by atoms with Gasteiger partial charge in [-0.2, -0.15) is 0 Å². The van der Waals surface area contributed by atoms with Crippen LogP contribution in [0.4, 0.5) is 16.2 Å². The molecule has 2 aromatic carbocycles. The van der Waals surface area contributed by atoms with Gasteiger partial charge in [-0.1, -0.05) is 18.2 Å². The maximum Gasteiger partial charge on any atom is 0.322 e. The van der Waals surface area contributed by atoms with Crippen molar-refractivity contribution >= 4 is 23.3 Å². The van der Waals surface area contributed by atoms with E-state index >= 15 is 0 Å². The van der Waals surface area contributed by atoms with Crippen molar-refractivity contribution in [3.05, 3.63) is 54.6 Å². The topological polar surface area (TPSA) is 61.9 Å². The van der Waals surface area contributed by atoms with Crippen LogP contribution in [0.1, 0.15) is 13.8 Å². The molecule has 0 aliphatic carbocycles. The van der Waals surface area contributed by atoms with Crippen molar-refractivity contribution in [2.75, 3.05) is 29.9 Å².